The molecule has 1 fully saturated rings. The molecule has 0 radical (unpaired) electrons. The first-order chi connectivity index (χ1) is 14.4. The number of likely N-dealkylation sites (N-methyl/N-ethyl adjacent to an activating group) is 1. The third-order valence-corrected chi connectivity index (χ3v) is 5.08. The molecule has 0 aromatic heterocycles. The summed E-state index contributed by atoms with van der Waals surface area (Å²) in [4.78, 5) is 19.9. The molecule has 0 bridgehead atoms. The van der Waals surface area contributed by atoms with Crippen LogP contribution in [0, 0.1) is 11.6 Å². The van der Waals surface area contributed by atoms with Crippen molar-refractivity contribution in [2.24, 2.45) is 4.99 Å². The fourth-order valence-electron chi connectivity index (χ4n) is 3.45. The standard InChI is InChI=1S/C21H33F2N5O2/c1-5-24-20(26-15-10-12-28(13-11-15)21(29)30-6-2)25-14-18(27(3)4)19-16(22)8-7-9-17(19)23/h7-9,15,18H,5-6,10-14H2,1-4H3,(H2,24,25,26). The van der Waals surface area contributed by atoms with Gasteiger partial charge in [-0.05, 0) is 52.9 Å². The zero-order valence-corrected chi connectivity index (χ0v) is 18.3. The molecule has 0 saturated carbocycles. The van der Waals surface area contributed by atoms with Gasteiger partial charge in [0.15, 0.2) is 5.96 Å². The lowest BCUT2D eigenvalue weighted by atomic mass is 10.0. The molecular formula is C21H33F2N5O2. The molecule has 2 rings (SSSR count). The number of nitrogens with zero attached hydrogens (tertiary/aromatic N) is 3. The first kappa shape index (κ1) is 23.9. The smallest absolute Gasteiger partial charge is 0.409 e. The molecule has 30 heavy (non-hydrogen) atoms. The first-order valence-electron chi connectivity index (χ1n) is 10.4. The van der Waals surface area contributed by atoms with Crippen LogP contribution in [0.25, 0.3) is 0 Å². The Hall–Kier alpha value is -2.42. The predicted molar refractivity (Wildman–Crippen MR) is 114 cm³/mol. The van der Waals surface area contributed by atoms with Crippen LogP contribution in [0.4, 0.5) is 13.6 Å². The Morgan fingerprint density at radius 2 is 1.90 bits per heavy atom. The highest BCUT2D eigenvalue weighted by atomic mass is 19.1. The quantitative estimate of drug-likeness (QED) is 0.519. The SMILES string of the molecule is CCNC(=NCC(c1c(F)cccc1F)N(C)C)NC1CCN(C(=O)OCC)CC1. The van der Waals surface area contributed by atoms with E-state index < -0.39 is 17.7 Å². The molecule has 1 atom stereocenters. The molecular weight excluding hydrogens is 392 g/mol. The summed E-state index contributed by atoms with van der Waals surface area (Å²) in [5.41, 5.74) is 0.0184. The first-order valence-corrected chi connectivity index (χ1v) is 10.4. The maximum atomic E-state index is 14.3. The van der Waals surface area contributed by atoms with Crippen molar-refractivity contribution in [2.45, 2.75) is 38.8 Å². The van der Waals surface area contributed by atoms with Gasteiger partial charge in [0, 0.05) is 31.2 Å². The number of ether oxygens (including phenoxy) is 1. The largest absolute Gasteiger partial charge is 0.450 e. The van der Waals surface area contributed by atoms with Gasteiger partial charge in [-0.1, -0.05) is 6.07 Å². The van der Waals surface area contributed by atoms with Crippen molar-refractivity contribution in [1.29, 1.82) is 0 Å². The summed E-state index contributed by atoms with van der Waals surface area (Å²) in [6, 6.07) is 3.50. The number of likely N-dealkylation sites (tertiary alicyclic amines) is 1. The Bertz CT molecular complexity index is 701. The van der Waals surface area contributed by atoms with Crippen LogP contribution in [0.3, 0.4) is 0 Å². The minimum absolute atomic E-state index is 0.0184. The van der Waals surface area contributed by atoms with Crippen LogP contribution in [0.2, 0.25) is 0 Å². The van der Waals surface area contributed by atoms with Crippen LogP contribution in [0.1, 0.15) is 38.3 Å². The van der Waals surface area contributed by atoms with Crippen LogP contribution in [-0.4, -0.2) is 74.8 Å². The van der Waals surface area contributed by atoms with Gasteiger partial charge in [-0.25, -0.2) is 13.6 Å². The van der Waals surface area contributed by atoms with E-state index in [1.54, 1.807) is 30.8 Å². The third-order valence-electron chi connectivity index (χ3n) is 5.08. The Labute approximate surface area is 177 Å². The van der Waals surface area contributed by atoms with Crippen molar-refractivity contribution >= 4 is 12.1 Å². The minimum atomic E-state index is -0.576. The molecule has 7 nitrogen and oxygen atoms in total. The van der Waals surface area contributed by atoms with Crippen LogP contribution >= 0.6 is 0 Å². The second-order valence-corrected chi connectivity index (χ2v) is 7.44. The number of guanidine groups is 1. The van der Waals surface area contributed by atoms with E-state index in [9.17, 15) is 13.6 Å². The van der Waals surface area contributed by atoms with Gasteiger partial charge < -0.3 is 25.2 Å². The normalized spacial score (nSPS) is 16.5. The van der Waals surface area contributed by atoms with E-state index in [1.165, 1.54) is 18.2 Å². The highest BCUT2D eigenvalue weighted by molar-refractivity contribution is 5.80. The molecule has 1 aliphatic heterocycles. The molecule has 1 saturated heterocycles. The number of hydrogen-bond acceptors (Lipinski definition) is 4. The van der Waals surface area contributed by atoms with E-state index in [2.05, 4.69) is 15.6 Å². The molecule has 1 aliphatic rings. The Balaban J connectivity index is 2.04. The Kier molecular flexibility index (Phi) is 9.29. The van der Waals surface area contributed by atoms with Crippen LogP contribution < -0.4 is 10.6 Å². The van der Waals surface area contributed by atoms with Crippen molar-refractivity contribution in [3.63, 3.8) is 0 Å². The molecule has 1 aromatic rings. The summed E-state index contributed by atoms with van der Waals surface area (Å²) in [6.45, 7) is 6.19. The van der Waals surface area contributed by atoms with E-state index in [0.29, 0.717) is 32.2 Å². The molecule has 168 valence electrons. The molecule has 0 spiro atoms. The average molecular weight is 426 g/mol. The number of benzene rings is 1. The summed E-state index contributed by atoms with van der Waals surface area (Å²) in [6.07, 6.45) is 1.25. The minimum Gasteiger partial charge on any atom is -0.450 e. The van der Waals surface area contributed by atoms with Crippen LogP contribution in [0.15, 0.2) is 23.2 Å². The van der Waals surface area contributed by atoms with Gasteiger partial charge in [-0.15, -0.1) is 0 Å². The zero-order valence-electron chi connectivity index (χ0n) is 18.3. The van der Waals surface area contributed by atoms with Crippen molar-refractivity contribution in [3.8, 4) is 0 Å². The maximum Gasteiger partial charge on any atom is 0.409 e. The number of nitrogens with one attached hydrogen (secondary N) is 2. The highest BCUT2D eigenvalue weighted by Gasteiger charge is 2.25. The molecule has 1 aromatic carbocycles. The summed E-state index contributed by atoms with van der Waals surface area (Å²) < 4.78 is 33.6. The second kappa shape index (κ2) is 11.7. The van der Waals surface area contributed by atoms with Crippen molar-refractivity contribution in [3.05, 3.63) is 35.4 Å². The molecule has 2 N–H and O–H groups in total. The lowest BCUT2D eigenvalue weighted by Gasteiger charge is -2.32. The van der Waals surface area contributed by atoms with Crippen LogP contribution in [-0.2, 0) is 4.74 Å². The van der Waals surface area contributed by atoms with Crippen molar-refractivity contribution < 1.29 is 18.3 Å². The zero-order chi connectivity index (χ0) is 22.1. The molecule has 9 heteroatoms. The average Bonchev–Trinajstić information content (AvgIpc) is 2.70. The lowest BCUT2D eigenvalue weighted by Crippen LogP contribution is -2.50. The second-order valence-electron chi connectivity index (χ2n) is 7.44. The van der Waals surface area contributed by atoms with E-state index in [1.807, 2.05) is 6.92 Å². The Morgan fingerprint density at radius 1 is 1.27 bits per heavy atom. The van der Waals surface area contributed by atoms with Gasteiger partial charge in [-0.3, -0.25) is 4.99 Å². The van der Waals surface area contributed by atoms with Gasteiger partial charge in [0.2, 0.25) is 0 Å². The number of hydrogen-bond donors (Lipinski definition) is 2. The summed E-state index contributed by atoms with van der Waals surface area (Å²) >= 11 is 0. The summed E-state index contributed by atoms with van der Waals surface area (Å²) in [5.74, 6) is -0.558. The highest BCUT2D eigenvalue weighted by Crippen LogP contribution is 2.24. The van der Waals surface area contributed by atoms with Crippen LogP contribution in [0.5, 0.6) is 0 Å². The molecule has 1 amide bonds. The monoisotopic (exact) mass is 425 g/mol. The van der Waals surface area contributed by atoms with E-state index in [-0.39, 0.29) is 24.2 Å². The number of aliphatic imine (C=N–C) groups is 1. The van der Waals surface area contributed by atoms with E-state index in [4.69, 9.17) is 4.74 Å². The van der Waals surface area contributed by atoms with E-state index in [0.717, 1.165) is 12.8 Å². The van der Waals surface area contributed by atoms with Gasteiger partial charge in [-0.2, -0.15) is 0 Å². The van der Waals surface area contributed by atoms with Crippen molar-refractivity contribution in [1.82, 2.24) is 20.4 Å². The maximum absolute atomic E-state index is 14.3. The van der Waals surface area contributed by atoms with Gasteiger partial charge in [0.05, 0.1) is 19.2 Å². The van der Waals surface area contributed by atoms with Gasteiger partial charge in [0.1, 0.15) is 11.6 Å². The summed E-state index contributed by atoms with van der Waals surface area (Å²) in [7, 11) is 3.55. The number of carbonyl (C=O) groups is 1. The lowest BCUT2D eigenvalue weighted by molar-refractivity contribution is 0.0963. The molecule has 1 unspecified atom stereocenters. The van der Waals surface area contributed by atoms with Gasteiger partial charge >= 0.3 is 6.09 Å². The van der Waals surface area contributed by atoms with E-state index >= 15 is 0 Å². The Morgan fingerprint density at radius 3 is 2.43 bits per heavy atom. The molecule has 0 aliphatic carbocycles. The number of piperidine rings is 1. The topological polar surface area (TPSA) is 69.2 Å². The summed E-state index contributed by atoms with van der Waals surface area (Å²) in [5, 5.41) is 6.56. The fraction of sp³-hybridized carbons (Fsp3) is 0.619. The third kappa shape index (κ3) is 6.55. The predicted octanol–water partition coefficient (Wildman–Crippen LogP) is 2.74. The number of rotatable bonds is 7. The number of amides is 1. The van der Waals surface area contributed by atoms with Gasteiger partial charge in [0.25, 0.3) is 0 Å². The number of carbonyl (C=O) groups excluding carboxylic acids is 1. The van der Waals surface area contributed by atoms with Crippen molar-refractivity contribution in [2.75, 3.05) is 46.9 Å². The fourth-order valence-corrected chi connectivity index (χ4v) is 3.45. The molecule has 1 heterocycles. The number of halogens is 2.